The number of hydrogen-bond donors (Lipinski definition) is 0. The number of esters is 1. The number of pyridine rings is 1. The SMILES string of the molecule is CCOC(=O)c1cn2c(C3CC3)cccc2n1. The van der Waals surface area contributed by atoms with Crippen molar-refractivity contribution in [3.63, 3.8) is 0 Å². The Bertz CT molecular complexity index is 570. The first-order valence-corrected chi connectivity index (χ1v) is 5.94. The normalized spacial score (nSPS) is 15.1. The maximum Gasteiger partial charge on any atom is 0.358 e. The lowest BCUT2D eigenvalue weighted by Crippen LogP contribution is -2.04. The molecule has 0 unspecified atom stereocenters. The van der Waals surface area contributed by atoms with Crippen LogP contribution in [-0.4, -0.2) is 22.0 Å². The predicted molar refractivity (Wildman–Crippen MR) is 63.1 cm³/mol. The largest absolute Gasteiger partial charge is 0.461 e. The number of carbonyl (C=O) groups is 1. The van der Waals surface area contributed by atoms with Crippen LogP contribution in [0.1, 0.15) is 41.9 Å². The van der Waals surface area contributed by atoms with Gasteiger partial charge in [0.2, 0.25) is 0 Å². The van der Waals surface area contributed by atoms with Crippen LogP contribution < -0.4 is 0 Å². The Morgan fingerprint density at radius 2 is 2.35 bits per heavy atom. The first-order chi connectivity index (χ1) is 8.29. The van der Waals surface area contributed by atoms with Gasteiger partial charge in [0.1, 0.15) is 5.65 Å². The molecule has 0 spiro atoms. The van der Waals surface area contributed by atoms with Gasteiger partial charge in [-0.25, -0.2) is 9.78 Å². The topological polar surface area (TPSA) is 43.6 Å². The Morgan fingerprint density at radius 3 is 3.06 bits per heavy atom. The van der Waals surface area contributed by atoms with Crippen LogP contribution in [0, 0.1) is 0 Å². The van der Waals surface area contributed by atoms with Crippen LogP contribution in [0.15, 0.2) is 24.4 Å². The molecular weight excluding hydrogens is 216 g/mol. The van der Waals surface area contributed by atoms with Crippen molar-refractivity contribution in [2.75, 3.05) is 6.61 Å². The summed E-state index contributed by atoms with van der Waals surface area (Å²) in [4.78, 5) is 15.9. The van der Waals surface area contributed by atoms with E-state index < -0.39 is 0 Å². The lowest BCUT2D eigenvalue weighted by atomic mass is 10.2. The maximum absolute atomic E-state index is 11.6. The van der Waals surface area contributed by atoms with Crippen molar-refractivity contribution < 1.29 is 9.53 Å². The van der Waals surface area contributed by atoms with Gasteiger partial charge in [-0.3, -0.25) is 0 Å². The van der Waals surface area contributed by atoms with Crippen molar-refractivity contribution in [3.05, 3.63) is 35.8 Å². The van der Waals surface area contributed by atoms with Crippen molar-refractivity contribution in [1.29, 1.82) is 0 Å². The molecule has 1 fully saturated rings. The van der Waals surface area contributed by atoms with E-state index in [9.17, 15) is 4.79 Å². The van der Waals surface area contributed by atoms with Crippen molar-refractivity contribution in [2.45, 2.75) is 25.7 Å². The fraction of sp³-hybridized carbons (Fsp3) is 0.385. The molecule has 4 heteroatoms. The van der Waals surface area contributed by atoms with Gasteiger partial charge >= 0.3 is 5.97 Å². The smallest absolute Gasteiger partial charge is 0.358 e. The summed E-state index contributed by atoms with van der Waals surface area (Å²) in [5, 5.41) is 0. The molecule has 2 heterocycles. The molecule has 0 amide bonds. The molecule has 1 aliphatic carbocycles. The van der Waals surface area contributed by atoms with Crippen LogP contribution in [0.3, 0.4) is 0 Å². The molecule has 0 aromatic carbocycles. The number of carbonyl (C=O) groups excluding carboxylic acids is 1. The van der Waals surface area contributed by atoms with Gasteiger partial charge < -0.3 is 9.14 Å². The van der Waals surface area contributed by atoms with Crippen LogP contribution in [0.5, 0.6) is 0 Å². The first kappa shape index (κ1) is 10.3. The fourth-order valence-corrected chi connectivity index (χ4v) is 2.05. The maximum atomic E-state index is 11.6. The highest BCUT2D eigenvalue weighted by Crippen LogP contribution is 2.40. The van der Waals surface area contributed by atoms with Gasteiger partial charge in [0.05, 0.1) is 6.61 Å². The third kappa shape index (κ3) is 1.79. The van der Waals surface area contributed by atoms with E-state index in [1.54, 1.807) is 13.1 Å². The second-order valence-corrected chi connectivity index (χ2v) is 4.30. The number of ether oxygens (including phenoxy) is 1. The van der Waals surface area contributed by atoms with E-state index in [1.807, 2.05) is 16.5 Å². The highest BCUT2D eigenvalue weighted by Gasteiger charge is 2.26. The van der Waals surface area contributed by atoms with Crippen LogP contribution in [0.25, 0.3) is 5.65 Å². The van der Waals surface area contributed by atoms with Crippen molar-refractivity contribution in [1.82, 2.24) is 9.38 Å². The standard InChI is InChI=1S/C13H14N2O2/c1-2-17-13(16)10-8-15-11(9-6-7-9)4-3-5-12(15)14-10/h3-5,8-9H,2,6-7H2,1H3. The Labute approximate surface area is 99.2 Å². The second kappa shape index (κ2) is 3.87. The van der Waals surface area contributed by atoms with Gasteiger partial charge in [-0.2, -0.15) is 0 Å². The monoisotopic (exact) mass is 230 g/mol. The van der Waals surface area contributed by atoms with Crippen LogP contribution in [0.2, 0.25) is 0 Å². The van der Waals surface area contributed by atoms with E-state index in [2.05, 4.69) is 11.1 Å². The average molecular weight is 230 g/mol. The Hall–Kier alpha value is -1.84. The van der Waals surface area contributed by atoms with Gasteiger partial charge in [-0.1, -0.05) is 6.07 Å². The van der Waals surface area contributed by atoms with Gasteiger partial charge in [0.15, 0.2) is 5.69 Å². The highest BCUT2D eigenvalue weighted by atomic mass is 16.5. The molecular formula is C13H14N2O2. The summed E-state index contributed by atoms with van der Waals surface area (Å²) in [6, 6.07) is 6.00. The lowest BCUT2D eigenvalue weighted by molar-refractivity contribution is 0.0520. The van der Waals surface area contributed by atoms with Crippen molar-refractivity contribution in [3.8, 4) is 0 Å². The summed E-state index contributed by atoms with van der Waals surface area (Å²) in [6.45, 7) is 2.17. The fourth-order valence-electron chi connectivity index (χ4n) is 2.05. The number of aromatic nitrogens is 2. The Morgan fingerprint density at radius 1 is 1.53 bits per heavy atom. The number of rotatable bonds is 3. The molecule has 0 bridgehead atoms. The van der Waals surface area contributed by atoms with Gasteiger partial charge in [-0.15, -0.1) is 0 Å². The minimum Gasteiger partial charge on any atom is -0.461 e. The molecule has 1 aliphatic rings. The van der Waals surface area contributed by atoms with E-state index in [0.29, 0.717) is 18.2 Å². The zero-order valence-corrected chi connectivity index (χ0v) is 9.72. The molecule has 88 valence electrons. The summed E-state index contributed by atoms with van der Waals surface area (Å²) in [5.74, 6) is 0.279. The van der Waals surface area contributed by atoms with Gasteiger partial charge in [-0.05, 0) is 37.8 Å². The van der Waals surface area contributed by atoms with Crippen LogP contribution in [0.4, 0.5) is 0 Å². The first-order valence-electron chi connectivity index (χ1n) is 5.94. The summed E-state index contributed by atoms with van der Waals surface area (Å²) < 4.78 is 6.96. The highest BCUT2D eigenvalue weighted by molar-refractivity contribution is 5.88. The average Bonchev–Trinajstić information content (AvgIpc) is 3.07. The summed E-state index contributed by atoms with van der Waals surface area (Å²) >= 11 is 0. The Balaban J connectivity index is 2.05. The summed E-state index contributed by atoms with van der Waals surface area (Å²) in [6.07, 6.45) is 4.24. The van der Waals surface area contributed by atoms with E-state index >= 15 is 0 Å². The molecule has 0 atom stereocenters. The third-order valence-electron chi connectivity index (χ3n) is 3.00. The van der Waals surface area contributed by atoms with E-state index in [4.69, 9.17) is 4.74 Å². The molecule has 0 N–H and O–H groups in total. The molecule has 2 aromatic heterocycles. The van der Waals surface area contributed by atoms with E-state index in [0.717, 1.165) is 5.65 Å². The molecule has 0 aliphatic heterocycles. The van der Waals surface area contributed by atoms with Gasteiger partial charge in [0, 0.05) is 11.9 Å². The quantitative estimate of drug-likeness (QED) is 0.760. The second-order valence-electron chi connectivity index (χ2n) is 4.30. The minimum atomic E-state index is -0.349. The number of fused-ring (bicyclic) bond motifs is 1. The van der Waals surface area contributed by atoms with E-state index in [-0.39, 0.29) is 5.97 Å². The zero-order valence-electron chi connectivity index (χ0n) is 9.72. The summed E-state index contributed by atoms with van der Waals surface area (Å²) in [7, 11) is 0. The molecule has 3 rings (SSSR count). The number of hydrogen-bond acceptors (Lipinski definition) is 3. The van der Waals surface area contributed by atoms with Crippen LogP contribution in [-0.2, 0) is 4.74 Å². The molecule has 2 aromatic rings. The van der Waals surface area contributed by atoms with Crippen molar-refractivity contribution >= 4 is 11.6 Å². The van der Waals surface area contributed by atoms with Gasteiger partial charge in [0.25, 0.3) is 0 Å². The minimum absolute atomic E-state index is 0.349. The molecule has 0 radical (unpaired) electrons. The molecule has 4 nitrogen and oxygen atoms in total. The molecule has 17 heavy (non-hydrogen) atoms. The Kier molecular flexibility index (Phi) is 2.35. The third-order valence-corrected chi connectivity index (χ3v) is 3.00. The predicted octanol–water partition coefficient (Wildman–Crippen LogP) is 2.39. The summed E-state index contributed by atoms with van der Waals surface area (Å²) in [5.41, 5.74) is 2.45. The zero-order chi connectivity index (χ0) is 11.8. The molecule has 0 saturated heterocycles. The number of imidazole rings is 1. The number of nitrogens with zero attached hydrogens (tertiary/aromatic N) is 2. The molecule has 1 saturated carbocycles. The van der Waals surface area contributed by atoms with Crippen molar-refractivity contribution in [2.24, 2.45) is 0 Å². The van der Waals surface area contributed by atoms with Crippen LogP contribution >= 0.6 is 0 Å². The van der Waals surface area contributed by atoms with E-state index in [1.165, 1.54) is 18.5 Å². The lowest BCUT2D eigenvalue weighted by Gasteiger charge is -2.01.